The van der Waals surface area contributed by atoms with Crippen molar-refractivity contribution >= 4 is 35.6 Å². The van der Waals surface area contributed by atoms with E-state index in [1.165, 1.54) is 21.9 Å². The van der Waals surface area contributed by atoms with Crippen LogP contribution >= 0.6 is 24.8 Å². The zero-order chi connectivity index (χ0) is 17.1. The standard InChI is InChI=1S/C23H26N2.2ClH/c1-17(21-13-7-11-18-10-5-6-12-22(18)21)25-15-20-14-24-16-23(20)19-8-3-2-4-9-19;;/h2-13,17,20,23-25H,14-16H2,1H3;2*1H/t17-,20-,23-;;/m1../s1. The number of rotatable bonds is 5. The molecule has 2 N–H and O–H groups in total. The van der Waals surface area contributed by atoms with Gasteiger partial charge in [-0.3, -0.25) is 0 Å². The Morgan fingerprint density at radius 1 is 0.889 bits per heavy atom. The number of hydrogen-bond acceptors (Lipinski definition) is 2. The van der Waals surface area contributed by atoms with Crippen LogP contribution in [0, 0.1) is 5.92 Å². The van der Waals surface area contributed by atoms with E-state index in [1.807, 2.05) is 0 Å². The summed E-state index contributed by atoms with van der Waals surface area (Å²) in [7, 11) is 0. The third kappa shape index (κ3) is 4.83. The van der Waals surface area contributed by atoms with Crippen molar-refractivity contribution in [3.05, 3.63) is 83.9 Å². The lowest BCUT2D eigenvalue weighted by Gasteiger charge is -2.23. The maximum Gasteiger partial charge on any atom is 0.0298 e. The van der Waals surface area contributed by atoms with Crippen LogP contribution in [0.15, 0.2) is 72.8 Å². The molecule has 1 aliphatic rings. The van der Waals surface area contributed by atoms with E-state index in [1.54, 1.807) is 0 Å². The molecule has 0 radical (unpaired) electrons. The second-order valence-electron chi connectivity index (χ2n) is 7.13. The van der Waals surface area contributed by atoms with E-state index in [0.29, 0.717) is 17.9 Å². The Hall–Kier alpha value is -1.58. The van der Waals surface area contributed by atoms with Gasteiger partial charge in [0.05, 0.1) is 0 Å². The molecule has 0 aromatic heterocycles. The Bertz CT molecular complexity index is 833. The minimum atomic E-state index is 0. The van der Waals surface area contributed by atoms with Gasteiger partial charge in [-0.15, -0.1) is 24.8 Å². The van der Waals surface area contributed by atoms with Gasteiger partial charge in [0.15, 0.2) is 0 Å². The van der Waals surface area contributed by atoms with Gasteiger partial charge < -0.3 is 10.6 Å². The van der Waals surface area contributed by atoms with E-state index in [4.69, 9.17) is 0 Å². The predicted molar refractivity (Wildman–Crippen MR) is 120 cm³/mol. The van der Waals surface area contributed by atoms with Crippen LogP contribution in [0.5, 0.6) is 0 Å². The first-order valence-corrected chi connectivity index (χ1v) is 9.29. The van der Waals surface area contributed by atoms with Gasteiger partial charge in [-0.05, 0) is 41.3 Å². The van der Waals surface area contributed by atoms with E-state index in [-0.39, 0.29) is 24.8 Å². The van der Waals surface area contributed by atoms with Gasteiger partial charge in [0, 0.05) is 25.0 Å². The van der Waals surface area contributed by atoms with Crippen LogP contribution in [-0.4, -0.2) is 19.6 Å². The Kier molecular flexibility index (Phi) is 8.12. The molecule has 0 saturated carbocycles. The lowest BCUT2D eigenvalue weighted by molar-refractivity contribution is 0.440. The van der Waals surface area contributed by atoms with Crippen LogP contribution in [0.4, 0.5) is 0 Å². The number of fused-ring (bicyclic) bond motifs is 1. The summed E-state index contributed by atoms with van der Waals surface area (Å²) in [5.41, 5.74) is 2.84. The van der Waals surface area contributed by atoms with Crippen molar-refractivity contribution in [3.63, 3.8) is 0 Å². The molecule has 1 fully saturated rings. The van der Waals surface area contributed by atoms with Crippen LogP contribution in [-0.2, 0) is 0 Å². The molecule has 0 amide bonds. The van der Waals surface area contributed by atoms with E-state index < -0.39 is 0 Å². The van der Waals surface area contributed by atoms with Crippen molar-refractivity contribution in [2.75, 3.05) is 19.6 Å². The van der Waals surface area contributed by atoms with Crippen LogP contribution in [0.25, 0.3) is 10.8 Å². The molecule has 0 spiro atoms. The van der Waals surface area contributed by atoms with E-state index in [9.17, 15) is 0 Å². The van der Waals surface area contributed by atoms with Crippen molar-refractivity contribution in [2.24, 2.45) is 5.92 Å². The van der Waals surface area contributed by atoms with Crippen molar-refractivity contribution in [2.45, 2.75) is 18.9 Å². The summed E-state index contributed by atoms with van der Waals surface area (Å²) in [4.78, 5) is 0. The quantitative estimate of drug-likeness (QED) is 0.601. The van der Waals surface area contributed by atoms with E-state index >= 15 is 0 Å². The first-order chi connectivity index (χ1) is 12.3. The molecular formula is C23H28Cl2N2. The first-order valence-electron chi connectivity index (χ1n) is 9.29. The summed E-state index contributed by atoms with van der Waals surface area (Å²) in [5, 5.41) is 10.0. The molecule has 4 heteroatoms. The van der Waals surface area contributed by atoms with Gasteiger partial charge in [-0.2, -0.15) is 0 Å². The predicted octanol–water partition coefficient (Wildman–Crippen LogP) is 5.34. The van der Waals surface area contributed by atoms with Gasteiger partial charge in [-0.1, -0.05) is 72.8 Å². The van der Waals surface area contributed by atoms with Crippen molar-refractivity contribution in [1.82, 2.24) is 10.6 Å². The summed E-state index contributed by atoms with van der Waals surface area (Å²) in [5.74, 6) is 1.24. The average Bonchev–Trinajstić information content (AvgIpc) is 3.15. The second kappa shape index (κ2) is 10.1. The molecule has 0 unspecified atom stereocenters. The molecule has 0 aliphatic carbocycles. The molecule has 2 nitrogen and oxygen atoms in total. The van der Waals surface area contributed by atoms with Gasteiger partial charge in [0.1, 0.15) is 0 Å². The maximum absolute atomic E-state index is 3.79. The number of halogens is 2. The lowest BCUT2D eigenvalue weighted by atomic mass is 9.88. The molecule has 144 valence electrons. The van der Waals surface area contributed by atoms with Gasteiger partial charge in [0.25, 0.3) is 0 Å². The Morgan fingerprint density at radius 3 is 2.41 bits per heavy atom. The van der Waals surface area contributed by atoms with Crippen molar-refractivity contribution < 1.29 is 0 Å². The fourth-order valence-electron chi connectivity index (χ4n) is 4.10. The lowest BCUT2D eigenvalue weighted by Crippen LogP contribution is -2.29. The minimum absolute atomic E-state index is 0. The number of hydrogen-bond donors (Lipinski definition) is 2. The molecule has 3 aromatic rings. The molecule has 0 bridgehead atoms. The monoisotopic (exact) mass is 402 g/mol. The SMILES string of the molecule is C[C@@H](NC[C@H]1CNC[C@@H]1c1ccccc1)c1cccc2ccccc12.Cl.Cl. The summed E-state index contributed by atoms with van der Waals surface area (Å²) in [6.07, 6.45) is 0. The topological polar surface area (TPSA) is 24.1 Å². The molecule has 1 aliphatic heterocycles. The first kappa shape index (κ1) is 21.7. The van der Waals surface area contributed by atoms with Gasteiger partial charge in [0.2, 0.25) is 0 Å². The highest BCUT2D eigenvalue weighted by molar-refractivity contribution is 5.86. The molecule has 1 heterocycles. The van der Waals surface area contributed by atoms with Crippen LogP contribution in [0.1, 0.15) is 30.0 Å². The van der Waals surface area contributed by atoms with Crippen molar-refractivity contribution in [1.29, 1.82) is 0 Å². The Morgan fingerprint density at radius 2 is 1.59 bits per heavy atom. The average molecular weight is 403 g/mol. The van der Waals surface area contributed by atoms with Crippen molar-refractivity contribution in [3.8, 4) is 0 Å². The highest BCUT2D eigenvalue weighted by Gasteiger charge is 2.28. The van der Waals surface area contributed by atoms with Gasteiger partial charge >= 0.3 is 0 Å². The third-order valence-corrected chi connectivity index (χ3v) is 5.54. The summed E-state index contributed by atoms with van der Waals surface area (Å²) >= 11 is 0. The largest absolute Gasteiger partial charge is 0.316 e. The van der Waals surface area contributed by atoms with Gasteiger partial charge in [-0.25, -0.2) is 0 Å². The highest BCUT2D eigenvalue weighted by Crippen LogP contribution is 2.29. The number of benzene rings is 3. The fourth-order valence-corrected chi connectivity index (χ4v) is 4.10. The number of nitrogens with one attached hydrogen (secondary N) is 2. The molecule has 1 saturated heterocycles. The fraction of sp³-hybridized carbons (Fsp3) is 0.304. The summed E-state index contributed by atoms with van der Waals surface area (Å²) in [6.45, 7) is 5.49. The Balaban J connectivity index is 0.00000131. The van der Waals surface area contributed by atoms with Crippen LogP contribution in [0.2, 0.25) is 0 Å². The normalized spacial score (nSPS) is 19.9. The molecular weight excluding hydrogens is 375 g/mol. The molecule has 4 rings (SSSR count). The second-order valence-corrected chi connectivity index (χ2v) is 7.13. The summed E-state index contributed by atoms with van der Waals surface area (Å²) in [6, 6.07) is 26.5. The maximum atomic E-state index is 3.79. The zero-order valence-electron chi connectivity index (χ0n) is 15.6. The van der Waals surface area contributed by atoms with Crippen LogP contribution in [0.3, 0.4) is 0 Å². The van der Waals surface area contributed by atoms with E-state index in [2.05, 4.69) is 90.4 Å². The summed E-state index contributed by atoms with van der Waals surface area (Å²) < 4.78 is 0. The van der Waals surface area contributed by atoms with E-state index in [0.717, 1.165) is 19.6 Å². The third-order valence-electron chi connectivity index (χ3n) is 5.54. The minimum Gasteiger partial charge on any atom is -0.316 e. The highest BCUT2D eigenvalue weighted by atomic mass is 35.5. The molecule has 3 atom stereocenters. The zero-order valence-corrected chi connectivity index (χ0v) is 17.2. The van der Waals surface area contributed by atoms with Crippen LogP contribution < -0.4 is 10.6 Å². The molecule has 27 heavy (non-hydrogen) atoms. The smallest absolute Gasteiger partial charge is 0.0298 e. The Labute approximate surface area is 174 Å². The molecule has 3 aromatic carbocycles.